The lowest BCUT2D eigenvalue weighted by Crippen LogP contribution is -2.16. The Hall–Kier alpha value is -1.41. The van der Waals surface area contributed by atoms with Crippen molar-refractivity contribution in [2.75, 3.05) is 0 Å². The van der Waals surface area contributed by atoms with Gasteiger partial charge in [-0.15, -0.1) is 5.10 Å². The first kappa shape index (κ1) is 11.1. The molecule has 1 saturated carbocycles. The van der Waals surface area contributed by atoms with Crippen LogP contribution in [0.15, 0.2) is 0 Å². The molecule has 1 aliphatic carbocycles. The van der Waals surface area contributed by atoms with Crippen molar-refractivity contribution in [2.45, 2.75) is 45.3 Å². The van der Waals surface area contributed by atoms with E-state index < -0.39 is 6.10 Å². The normalized spacial score (nSPS) is 17.1. The topological polar surface area (TPSA) is 74.7 Å². The number of aromatic nitrogens is 3. The highest BCUT2D eigenvalue weighted by atomic mass is 16.3. The lowest BCUT2D eigenvalue weighted by Gasteiger charge is -2.08. The van der Waals surface area contributed by atoms with Gasteiger partial charge < -0.3 is 5.11 Å². The molecule has 0 spiro atoms. The summed E-state index contributed by atoms with van der Waals surface area (Å²) >= 11 is 0. The maximum Gasteiger partial charge on any atom is 0.0999 e. The van der Waals surface area contributed by atoms with Crippen molar-refractivity contribution in [3.63, 3.8) is 0 Å². The van der Waals surface area contributed by atoms with E-state index in [9.17, 15) is 5.11 Å². The monoisotopic (exact) mass is 220 g/mol. The zero-order chi connectivity index (χ0) is 11.5. The van der Waals surface area contributed by atoms with Crippen LogP contribution in [0.1, 0.15) is 31.2 Å². The van der Waals surface area contributed by atoms with Crippen molar-refractivity contribution in [3.05, 3.63) is 11.4 Å². The van der Waals surface area contributed by atoms with Crippen molar-refractivity contribution in [1.29, 1.82) is 5.26 Å². The van der Waals surface area contributed by atoms with Crippen LogP contribution in [-0.4, -0.2) is 26.2 Å². The lowest BCUT2D eigenvalue weighted by molar-refractivity contribution is 0.166. The molecule has 1 atom stereocenters. The fourth-order valence-corrected chi connectivity index (χ4v) is 1.80. The van der Waals surface area contributed by atoms with Crippen molar-refractivity contribution < 1.29 is 5.11 Å². The van der Waals surface area contributed by atoms with Gasteiger partial charge in [-0.2, -0.15) is 5.26 Å². The van der Waals surface area contributed by atoms with Crippen LogP contribution in [-0.2, 0) is 19.4 Å². The van der Waals surface area contributed by atoms with E-state index >= 15 is 0 Å². The molecule has 0 aromatic carbocycles. The second kappa shape index (κ2) is 4.62. The molecular formula is C11H16N4O. The van der Waals surface area contributed by atoms with Crippen LogP contribution in [0.25, 0.3) is 0 Å². The van der Waals surface area contributed by atoms with E-state index in [1.165, 1.54) is 12.8 Å². The van der Waals surface area contributed by atoms with Gasteiger partial charge in [-0.3, -0.25) is 0 Å². The summed E-state index contributed by atoms with van der Waals surface area (Å²) in [6.07, 6.45) is 3.32. The highest BCUT2D eigenvalue weighted by molar-refractivity contribution is 5.16. The Balaban J connectivity index is 2.18. The average molecular weight is 220 g/mol. The standard InChI is InChI=1S/C11H16N4O/c1-8(16)7-15-11(6-9-2-3-9)10(4-5-12)13-14-15/h8-9,16H,2-4,6-7H2,1H3. The molecule has 86 valence electrons. The predicted molar refractivity (Wildman–Crippen MR) is 57.4 cm³/mol. The van der Waals surface area contributed by atoms with Crippen LogP contribution in [0.3, 0.4) is 0 Å². The van der Waals surface area contributed by atoms with Crippen LogP contribution in [0, 0.1) is 17.2 Å². The molecule has 0 aliphatic heterocycles. The van der Waals surface area contributed by atoms with E-state index in [1.807, 2.05) is 0 Å². The quantitative estimate of drug-likeness (QED) is 0.791. The van der Waals surface area contributed by atoms with E-state index in [1.54, 1.807) is 11.6 Å². The van der Waals surface area contributed by atoms with E-state index in [2.05, 4.69) is 16.4 Å². The lowest BCUT2D eigenvalue weighted by atomic mass is 10.1. The van der Waals surface area contributed by atoms with E-state index in [0.29, 0.717) is 13.0 Å². The zero-order valence-corrected chi connectivity index (χ0v) is 9.43. The summed E-state index contributed by atoms with van der Waals surface area (Å²) in [5.74, 6) is 0.726. The first-order valence-corrected chi connectivity index (χ1v) is 5.67. The smallest absolute Gasteiger partial charge is 0.0999 e. The number of nitrogens with zero attached hydrogens (tertiary/aromatic N) is 4. The second-order valence-corrected chi connectivity index (χ2v) is 4.50. The van der Waals surface area contributed by atoms with Crippen molar-refractivity contribution in [2.24, 2.45) is 5.92 Å². The Labute approximate surface area is 94.7 Å². The molecule has 5 nitrogen and oxygen atoms in total. The zero-order valence-electron chi connectivity index (χ0n) is 9.43. The molecule has 0 bridgehead atoms. The molecule has 1 aromatic heterocycles. The summed E-state index contributed by atoms with van der Waals surface area (Å²) in [5, 5.41) is 26.1. The maximum atomic E-state index is 9.37. The van der Waals surface area contributed by atoms with Gasteiger partial charge in [0.05, 0.1) is 36.5 Å². The fraction of sp³-hybridized carbons (Fsp3) is 0.727. The Kier molecular flexibility index (Phi) is 3.20. The van der Waals surface area contributed by atoms with Gasteiger partial charge in [-0.1, -0.05) is 5.21 Å². The molecule has 1 unspecified atom stereocenters. The van der Waals surface area contributed by atoms with Gasteiger partial charge in [-0.25, -0.2) is 4.68 Å². The third kappa shape index (κ3) is 2.58. The number of nitriles is 1. The molecule has 0 saturated heterocycles. The summed E-state index contributed by atoms with van der Waals surface area (Å²) in [5.41, 5.74) is 1.81. The highest BCUT2D eigenvalue weighted by Gasteiger charge is 2.26. The van der Waals surface area contributed by atoms with Gasteiger partial charge in [0, 0.05) is 0 Å². The van der Waals surface area contributed by atoms with Crippen LogP contribution in [0.4, 0.5) is 0 Å². The minimum atomic E-state index is -0.436. The van der Waals surface area contributed by atoms with Gasteiger partial charge in [0.25, 0.3) is 0 Å². The molecular weight excluding hydrogens is 204 g/mol. The van der Waals surface area contributed by atoms with Crippen molar-refractivity contribution in [1.82, 2.24) is 15.0 Å². The third-order valence-corrected chi connectivity index (χ3v) is 2.78. The molecule has 16 heavy (non-hydrogen) atoms. The predicted octanol–water partition coefficient (Wildman–Crippen LogP) is 0.677. The summed E-state index contributed by atoms with van der Waals surface area (Å²) in [7, 11) is 0. The van der Waals surface area contributed by atoms with Gasteiger partial charge in [0.15, 0.2) is 0 Å². The van der Waals surface area contributed by atoms with Crippen LogP contribution < -0.4 is 0 Å². The maximum absolute atomic E-state index is 9.37. The largest absolute Gasteiger partial charge is 0.391 e. The fourth-order valence-electron chi connectivity index (χ4n) is 1.80. The molecule has 5 heteroatoms. The van der Waals surface area contributed by atoms with Gasteiger partial charge in [-0.05, 0) is 32.1 Å². The van der Waals surface area contributed by atoms with Crippen LogP contribution in [0.5, 0.6) is 0 Å². The van der Waals surface area contributed by atoms with Crippen LogP contribution >= 0.6 is 0 Å². The molecule has 1 N–H and O–H groups in total. The molecule has 0 radical (unpaired) electrons. The summed E-state index contributed by atoms with van der Waals surface area (Å²) in [4.78, 5) is 0. The molecule has 1 fully saturated rings. The van der Waals surface area contributed by atoms with Gasteiger partial charge >= 0.3 is 0 Å². The number of hydrogen-bond acceptors (Lipinski definition) is 4. The number of rotatable bonds is 5. The van der Waals surface area contributed by atoms with Crippen molar-refractivity contribution >= 4 is 0 Å². The summed E-state index contributed by atoms with van der Waals surface area (Å²) in [6.45, 7) is 2.19. The second-order valence-electron chi connectivity index (χ2n) is 4.50. The first-order chi connectivity index (χ1) is 7.70. The van der Waals surface area contributed by atoms with E-state index in [-0.39, 0.29) is 0 Å². The molecule has 1 heterocycles. The van der Waals surface area contributed by atoms with Crippen LogP contribution in [0.2, 0.25) is 0 Å². The minimum Gasteiger partial charge on any atom is -0.391 e. The SMILES string of the molecule is CC(O)Cn1nnc(CC#N)c1CC1CC1. The number of aliphatic hydroxyl groups excluding tert-OH is 1. The Morgan fingerprint density at radius 3 is 2.94 bits per heavy atom. The molecule has 1 aliphatic rings. The average Bonchev–Trinajstić information content (AvgIpc) is 2.96. The Morgan fingerprint density at radius 2 is 2.38 bits per heavy atom. The number of aliphatic hydroxyl groups is 1. The third-order valence-electron chi connectivity index (χ3n) is 2.78. The Bertz CT molecular complexity index is 401. The number of hydrogen-bond donors (Lipinski definition) is 1. The summed E-state index contributed by atoms with van der Waals surface area (Å²) < 4.78 is 1.75. The van der Waals surface area contributed by atoms with E-state index in [4.69, 9.17) is 5.26 Å². The summed E-state index contributed by atoms with van der Waals surface area (Å²) in [6, 6.07) is 2.11. The molecule has 0 amide bonds. The first-order valence-electron chi connectivity index (χ1n) is 5.67. The molecule has 2 rings (SSSR count). The van der Waals surface area contributed by atoms with Gasteiger partial charge in [0.2, 0.25) is 0 Å². The molecule has 1 aromatic rings. The van der Waals surface area contributed by atoms with E-state index in [0.717, 1.165) is 23.7 Å². The van der Waals surface area contributed by atoms with Crippen molar-refractivity contribution in [3.8, 4) is 6.07 Å². The minimum absolute atomic E-state index is 0.307. The Morgan fingerprint density at radius 1 is 1.62 bits per heavy atom. The van der Waals surface area contributed by atoms with Gasteiger partial charge in [0.1, 0.15) is 0 Å². The highest BCUT2D eigenvalue weighted by Crippen LogP contribution is 2.33.